The molecule has 5 heteroatoms. The Kier molecular flexibility index (Phi) is 4.27. The van der Waals surface area contributed by atoms with E-state index >= 15 is 0 Å². The molecule has 2 nitrogen and oxygen atoms in total. The molecule has 1 N–H and O–H groups in total. The van der Waals surface area contributed by atoms with Crippen LogP contribution in [0.15, 0.2) is 46.9 Å². The number of halogens is 3. The highest BCUT2D eigenvalue weighted by atomic mass is 79.9. The fourth-order valence-corrected chi connectivity index (χ4v) is 1.86. The first-order chi connectivity index (χ1) is 9.06. The number of carbonyl (C=O) groups is 1. The van der Waals surface area contributed by atoms with E-state index < -0.39 is 17.5 Å². The van der Waals surface area contributed by atoms with Gasteiger partial charge in [-0.15, -0.1) is 0 Å². The number of hydrogen-bond acceptors (Lipinski definition) is 1. The van der Waals surface area contributed by atoms with E-state index in [0.717, 1.165) is 16.6 Å². The molecule has 2 aromatic carbocycles. The van der Waals surface area contributed by atoms with Gasteiger partial charge in [0.25, 0.3) is 0 Å². The smallest absolute Gasteiger partial charge is 0.229 e. The molecule has 0 bridgehead atoms. The highest BCUT2D eigenvalue weighted by Crippen LogP contribution is 2.16. The average molecular weight is 326 g/mol. The molecule has 2 aromatic rings. The topological polar surface area (TPSA) is 29.1 Å². The van der Waals surface area contributed by atoms with Crippen LogP contribution in [-0.4, -0.2) is 5.91 Å². The van der Waals surface area contributed by atoms with Crippen molar-refractivity contribution in [1.82, 2.24) is 0 Å². The Morgan fingerprint density at radius 1 is 1.05 bits per heavy atom. The van der Waals surface area contributed by atoms with E-state index in [4.69, 9.17) is 0 Å². The van der Waals surface area contributed by atoms with Crippen molar-refractivity contribution in [3.8, 4) is 0 Å². The molecule has 0 aliphatic heterocycles. The van der Waals surface area contributed by atoms with Gasteiger partial charge in [-0.2, -0.15) is 0 Å². The van der Waals surface area contributed by atoms with Crippen molar-refractivity contribution in [1.29, 1.82) is 0 Å². The van der Waals surface area contributed by atoms with Crippen LogP contribution < -0.4 is 5.32 Å². The molecule has 0 fully saturated rings. The van der Waals surface area contributed by atoms with Crippen LogP contribution in [0.25, 0.3) is 0 Å². The third-order valence-electron chi connectivity index (χ3n) is 2.53. The summed E-state index contributed by atoms with van der Waals surface area (Å²) in [6, 6.07) is 10.4. The fraction of sp³-hybridized carbons (Fsp3) is 0.0714. The molecule has 0 saturated heterocycles. The van der Waals surface area contributed by atoms with Crippen LogP contribution in [0, 0.1) is 11.6 Å². The second-order valence-corrected chi connectivity index (χ2v) is 4.85. The van der Waals surface area contributed by atoms with Crippen LogP contribution in [0.3, 0.4) is 0 Å². The van der Waals surface area contributed by atoms with E-state index in [1.54, 1.807) is 24.3 Å². The minimum absolute atomic E-state index is 0.225. The molecule has 0 saturated carbocycles. The Morgan fingerprint density at radius 3 is 2.21 bits per heavy atom. The molecular weight excluding hydrogens is 316 g/mol. The molecule has 0 aliphatic rings. The van der Waals surface area contributed by atoms with Crippen molar-refractivity contribution in [3.05, 3.63) is 64.1 Å². The largest absolute Gasteiger partial charge is 0.326 e. The molecule has 98 valence electrons. The molecule has 1 amide bonds. The Bertz CT molecular complexity index is 579. The highest BCUT2D eigenvalue weighted by molar-refractivity contribution is 9.10. The molecule has 19 heavy (non-hydrogen) atoms. The van der Waals surface area contributed by atoms with Gasteiger partial charge in [0.2, 0.25) is 5.91 Å². The van der Waals surface area contributed by atoms with Crippen molar-refractivity contribution in [3.63, 3.8) is 0 Å². The zero-order valence-electron chi connectivity index (χ0n) is 9.79. The number of rotatable bonds is 3. The number of carbonyl (C=O) groups excluding carboxylic acids is 1. The Morgan fingerprint density at radius 2 is 1.63 bits per heavy atom. The van der Waals surface area contributed by atoms with Crippen LogP contribution in [0.4, 0.5) is 14.5 Å². The molecule has 0 unspecified atom stereocenters. The Balaban J connectivity index is 2.07. The second-order valence-electron chi connectivity index (χ2n) is 3.93. The lowest BCUT2D eigenvalue weighted by molar-refractivity contribution is -0.115. The van der Waals surface area contributed by atoms with Gasteiger partial charge in [0.1, 0.15) is 11.6 Å². The molecule has 0 radical (unpaired) electrons. The average Bonchev–Trinajstić information content (AvgIpc) is 2.37. The summed E-state index contributed by atoms with van der Waals surface area (Å²) in [5.41, 5.74) is 0.349. The van der Waals surface area contributed by atoms with Gasteiger partial charge in [-0.3, -0.25) is 4.79 Å². The summed E-state index contributed by atoms with van der Waals surface area (Å²) in [5.74, 6) is -1.90. The van der Waals surface area contributed by atoms with Gasteiger partial charge in [0, 0.05) is 15.7 Å². The fourth-order valence-electron chi connectivity index (χ4n) is 1.60. The normalized spacial score (nSPS) is 10.3. The first-order valence-electron chi connectivity index (χ1n) is 5.54. The van der Waals surface area contributed by atoms with Gasteiger partial charge in [0.15, 0.2) is 0 Å². The molecular formula is C14H10BrF2NO. The van der Waals surface area contributed by atoms with Crippen LogP contribution in [0.2, 0.25) is 0 Å². The quantitative estimate of drug-likeness (QED) is 0.910. The maximum Gasteiger partial charge on any atom is 0.229 e. The second kappa shape index (κ2) is 5.93. The summed E-state index contributed by atoms with van der Waals surface area (Å²) < 4.78 is 27.6. The number of anilines is 1. The highest BCUT2D eigenvalue weighted by Gasteiger charge is 2.12. The van der Waals surface area contributed by atoms with Crippen LogP contribution in [-0.2, 0) is 11.2 Å². The summed E-state index contributed by atoms with van der Waals surface area (Å²) in [7, 11) is 0. The number of nitrogens with one attached hydrogen (secondary N) is 1. The minimum Gasteiger partial charge on any atom is -0.326 e. The predicted octanol–water partition coefficient (Wildman–Crippen LogP) is 3.91. The number of amides is 1. The summed E-state index contributed by atoms with van der Waals surface area (Å²) >= 11 is 3.27. The molecule has 0 spiro atoms. The van der Waals surface area contributed by atoms with E-state index in [1.807, 2.05) is 0 Å². The monoisotopic (exact) mass is 325 g/mol. The lowest BCUT2D eigenvalue weighted by atomic mass is 10.1. The predicted molar refractivity (Wildman–Crippen MR) is 72.8 cm³/mol. The maximum absolute atomic E-state index is 13.4. The number of benzene rings is 2. The number of hydrogen-bond donors (Lipinski definition) is 1. The van der Waals surface area contributed by atoms with E-state index in [0.29, 0.717) is 5.69 Å². The lowest BCUT2D eigenvalue weighted by Crippen LogP contribution is -2.16. The first kappa shape index (κ1) is 13.7. The van der Waals surface area contributed by atoms with Crippen LogP contribution >= 0.6 is 15.9 Å². The third kappa shape index (κ3) is 3.61. The molecule has 2 rings (SSSR count). The van der Waals surface area contributed by atoms with Crippen molar-refractivity contribution in [2.24, 2.45) is 0 Å². The standard InChI is InChI=1S/C14H10BrF2NO/c15-9-4-6-10(7-5-9)18-14(19)8-11-12(16)2-1-3-13(11)17/h1-7H,8H2,(H,18,19). The zero-order valence-corrected chi connectivity index (χ0v) is 11.4. The SMILES string of the molecule is O=C(Cc1c(F)cccc1F)Nc1ccc(Br)cc1. The summed E-state index contributed by atoms with van der Waals surface area (Å²) in [6.07, 6.45) is -0.339. The van der Waals surface area contributed by atoms with Crippen molar-refractivity contribution >= 4 is 27.5 Å². The van der Waals surface area contributed by atoms with Gasteiger partial charge < -0.3 is 5.32 Å². The summed E-state index contributed by atoms with van der Waals surface area (Å²) in [4.78, 5) is 11.7. The van der Waals surface area contributed by atoms with Crippen molar-refractivity contribution in [2.45, 2.75) is 6.42 Å². The van der Waals surface area contributed by atoms with E-state index in [2.05, 4.69) is 21.2 Å². The van der Waals surface area contributed by atoms with Gasteiger partial charge in [-0.25, -0.2) is 8.78 Å². The molecule has 0 atom stereocenters. The maximum atomic E-state index is 13.4. The van der Waals surface area contributed by atoms with Crippen LogP contribution in [0.1, 0.15) is 5.56 Å². The van der Waals surface area contributed by atoms with Crippen molar-refractivity contribution in [2.75, 3.05) is 5.32 Å². The van der Waals surface area contributed by atoms with Crippen molar-refractivity contribution < 1.29 is 13.6 Å². The lowest BCUT2D eigenvalue weighted by Gasteiger charge is -2.07. The van der Waals surface area contributed by atoms with Gasteiger partial charge >= 0.3 is 0 Å². The summed E-state index contributed by atoms with van der Waals surface area (Å²) in [6.45, 7) is 0. The van der Waals surface area contributed by atoms with E-state index in [-0.39, 0.29) is 12.0 Å². The van der Waals surface area contributed by atoms with Crippen LogP contribution in [0.5, 0.6) is 0 Å². The summed E-state index contributed by atoms with van der Waals surface area (Å²) in [5, 5.41) is 2.58. The van der Waals surface area contributed by atoms with Gasteiger partial charge in [0.05, 0.1) is 6.42 Å². The molecule has 0 aromatic heterocycles. The van der Waals surface area contributed by atoms with E-state index in [9.17, 15) is 13.6 Å². The zero-order chi connectivity index (χ0) is 13.8. The third-order valence-corrected chi connectivity index (χ3v) is 3.06. The Hall–Kier alpha value is -1.75. The van der Waals surface area contributed by atoms with Gasteiger partial charge in [-0.05, 0) is 36.4 Å². The Labute approximate surface area is 117 Å². The molecule has 0 heterocycles. The van der Waals surface area contributed by atoms with Gasteiger partial charge in [-0.1, -0.05) is 22.0 Å². The minimum atomic E-state index is -0.717. The van der Waals surface area contributed by atoms with E-state index in [1.165, 1.54) is 6.07 Å². The molecule has 0 aliphatic carbocycles. The first-order valence-corrected chi connectivity index (χ1v) is 6.34.